The van der Waals surface area contributed by atoms with Gasteiger partial charge in [-0.05, 0) is 37.5 Å². The third kappa shape index (κ3) is 4.48. The number of nitrogens with two attached hydrogens (primary N) is 1. The molecule has 5 heteroatoms. The highest BCUT2D eigenvalue weighted by atomic mass is 79.9. The molecular weight excluding hydrogens is 328 g/mol. The SMILES string of the molecule is Cc1ccc(C(=O)NC(C)(CN)C(C)C)cc1Br.Cl. The van der Waals surface area contributed by atoms with E-state index in [1.54, 1.807) is 0 Å². The summed E-state index contributed by atoms with van der Waals surface area (Å²) in [5, 5.41) is 3.02. The minimum atomic E-state index is -0.381. The normalized spacial score (nSPS) is 13.6. The molecule has 1 aromatic carbocycles. The minimum Gasteiger partial charge on any atom is -0.345 e. The molecule has 3 N–H and O–H groups in total. The Hall–Kier alpha value is -0.580. The van der Waals surface area contributed by atoms with Crippen LogP contribution in [0.3, 0.4) is 0 Å². The lowest BCUT2D eigenvalue weighted by atomic mass is 9.88. The Balaban J connectivity index is 0.00000324. The Morgan fingerprint density at radius 3 is 2.47 bits per heavy atom. The van der Waals surface area contributed by atoms with Crippen LogP contribution in [-0.4, -0.2) is 18.0 Å². The summed E-state index contributed by atoms with van der Waals surface area (Å²) in [4.78, 5) is 12.2. The van der Waals surface area contributed by atoms with Gasteiger partial charge in [-0.15, -0.1) is 12.4 Å². The topological polar surface area (TPSA) is 55.1 Å². The number of halogens is 2. The number of hydrogen-bond acceptors (Lipinski definition) is 2. The first-order valence-electron chi connectivity index (χ1n) is 6.09. The minimum absolute atomic E-state index is 0. The first kappa shape index (κ1) is 18.4. The van der Waals surface area contributed by atoms with Crippen molar-refractivity contribution in [2.75, 3.05) is 6.54 Å². The van der Waals surface area contributed by atoms with E-state index < -0.39 is 0 Å². The molecule has 0 aromatic heterocycles. The molecule has 1 rings (SSSR count). The molecule has 0 radical (unpaired) electrons. The van der Waals surface area contributed by atoms with Gasteiger partial charge in [0.1, 0.15) is 0 Å². The lowest BCUT2D eigenvalue weighted by Gasteiger charge is -2.33. The van der Waals surface area contributed by atoms with E-state index in [-0.39, 0.29) is 29.8 Å². The van der Waals surface area contributed by atoms with Gasteiger partial charge in [0.2, 0.25) is 0 Å². The van der Waals surface area contributed by atoms with Crippen molar-refractivity contribution < 1.29 is 4.79 Å². The average molecular weight is 350 g/mol. The Morgan fingerprint density at radius 2 is 2.05 bits per heavy atom. The fourth-order valence-corrected chi connectivity index (χ4v) is 1.88. The maximum absolute atomic E-state index is 12.2. The van der Waals surface area contributed by atoms with E-state index in [0.29, 0.717) is 12.1 Å². The second-order valence-electron chi connectivity index (χ2n) is 5.19. The zero-order valence-corrected chi connectivity index (χ0v) is 14.2. The summed E-state index contributed by atoms with van der Waals surface area (Å²) in [7, 11) is 0. The Labute approximate surface area is 129 Å². The second-order valence-corrected chi connectivity index (χ2v) is 6.05. The number of rotatable bonds is 4. The van der Waals surface area contributed by atoms with Gasteiger partial charge in [-0.3, -0.25) is 4.79 Å². The number of benzene rings is 1. The third-order valence-corrected chi connectivity index (χ3v) is 4.39. The molecule has 1 aromatic rings. The highest BCUT2D eigenvalue weighted by molar-refractivity contribution is 9.10. The number of amides is 1. The average Bonchev–Trinajstić information content (AvgIpc) is 2.32. The zero-order chi connectivity index (χ0) is 13.9. The van der Waals surface area contributed by atoms with Crippen molar-refractivity contribution in [3.8, 4) is 0 Å². The summed E-state index contributed by atoms with van der Waals surface area (Å²) in [6, 6.07) is 5.59. The van der Waals surface area contributed by atoms with Crippen LogP contribution in [-0.2, 0) is 0 Å². The maximum Gasteiger partial charge on any atom is 0.251 e. The summed E-state index contributed by atoms with van der Waals surface area (Å²) >= 11 is 3.44. The van der Waals surface area contributed by atoms with Crippen LogP contribution in [0.4, 0.5) is 0 Å². The molecule has 0 fully saturated rings. The van der Waals surface area contributed by atoms with E-state index in [4.69, 9.17) is 5.73 Å². The van der Waals surface area contributed by atoms with Crippen LogP contribution in [0.1, 0.15) is 36.7 Å². The van der Waals surface area contributed by atoms with Crippen LogP contribution in [0, 0.1) is 12.8 Å². The number of aryl methyl sites for hydroxylation is 1. The lowest BCUT2D eigenvalue weighted by Crippen LogP contribution is -2.55. The number of hydrogen-bond donors (Lipinski definition) is 2. The van der Waals surface area contributed by atoms with Gasteiger partial charge in [-0.2, -0.15) is 0 Å². The van der Waals surface area contributed by atoms with Crippen molar-refractivity contribution in [2.24, 2.45) is 11.7 Å². The highest BCUT2D eigenvalue weighted by Crippen LogP contribution is 2.19. The molecule has 0 aliphatic rings. The molecule has 3 nitrogen and oxygen atoms in total. The van der Waals surface area contributed by atoms with Gasteiger partial charge in [-0.1, -0.05) is 35.8 Å². The fraction of sp³-hybridized carbons (Fsp3) is 0.500. The third-order valence-electron chi connectivity index (χ3n) is 3.53. The highest BCUT2D eigenvalue weighted by Gasteiger charge is 2.28. The van der Waals surface area contributed by atoms with E-state index in [9.17, 15) is 4.79 Å². The van der Waals surface area contributed by atoms with Gasteiger partial charge < -0.3 is 11.1 Å². The predicted octanol–water partition coefficient (Wildman–Crippen LogP) is 3.28. The van der Waals surface area contributed by atoms with E-state index >= 15 is 0 Å². The van der Waals surface area contributed by atoms with Crippen molar-refractivity contribution in [3.05, 3.63) is 33.8 Å². The summed E-state index contributed by atoms with van der Waals surface area (Å²) in [6.07, 6.45) is 0. The Bertz CT molecular complexity index is 451. The van der Waals surface area contributed by atoms with Gasteiger partial charge in [0.05, 0.1) is 5.54 Å². The predicted molar refractivity (Wildman–Crippen MR) is 85.9 cm³/mol. The van der Waals surface area contributed by atoms with E-state index in [2.05, 4.69) is 35.1 Å². The molecule has 0 aliphatic heterocycles. The van der Waals surface area contributed by atoms with Crippen molar-refractivity contribution in [1.82, 2.24) is 5.32 Å². The van der Waals surface area contributed by atoms with Crippen molar-refractivity contribution in [3.63, 3.8) is 0 Å². The monoisotopic (exact) mass is 348 g/mol. The van der Waals surface area contributed by atoms with Crippen molar-refractivity contribution in [1.29, 1.82) is 0 Å². The van der Waals surface area contributed by atoms with Gasteiger partial charge in [0.15, 0.2) is 0 Å². The van der Waals surface area contributed by atoms with Gasteiger partial charge >= 0.3 is 0 Å². The molecule has 0 heterocycles. The van der Waals surface area contributed by atoms with Crippen LogP contribution < -0.4 is 11.1 Å². The Morgan fingerprint density at radius 1 is 1.47 bits per heavy atom. The van der Waals surface area contributed by atoms with Gasteiger partial charge in [0, 0.05) is 16.6 Å². The van der Waals surface area contributed by atoms with Crippen LogP contribution in [0.15, 0.2) is 22.7 Å². The number of carbonyl (C=O) groups excluding carboxylic acids is 1. The molecule has 1 atom stereocenters. The molecule has 1 amide bonds. The number of nitrogens with one attached hydrogen (secondary N) is 1. The lowest BCUT2D eigenvalue weighted by molar-refractivity contribution is 0.0883. The van der Waals surface area contributed by atoms with Crippen LogP contribution in [0.2, 0.25) is 0 Å². The van der Waals surface area contributed by atoms with Crippen molar-refractivity contribution in [2.45, 2.75) is 33.2 Å². The standard InChI is InChI=1S/C14H21BrN2O.ClH/c1-9(2)14(4,8-16)17-13(18)11-6-5-10(3)12(15)7-11;/h5-7,9H,8,16H2,1-4H3,(H,17,18);1H. The quantitative estimate of drug-likeness (QED) is 0.876. The van der Waals surface area contributed by atoms with E-state index in [1.165, 1.54) is 0 Å². The molecule has 19 heavy (non-hydrogen) atoms. The molecule has 108 valence electrons. The maximum atomic E-state index is 12.2. The molecule has 0 saturated carbocycles. The largest absolute Gasteiger partial charge is 0.345 e. The summed E-state index contributed by atoms with van der Waals surface area (Å²) < 4.78 is 0.939. The molecule has 0 spiro atoms. The molecule has 0 saturated heterocycles. The molecule has 1 unspecified atom stereocenters. The van der Waals surface area contributed by atoms with Crippen LogP contribution >= 0.6 is 28.3 Å². The smallest absolute Gasteiger partial charge is 0.251 e. The molecule has 0 bridgehead atoms. The van der Waals surface area contributed by atoms with Crippen LogP contribution in [0.5, 0.6) is 0 Å². The summed E-state index contributed by atoms with van der Waals surface area (Å²) in [6.45, 7) is 8.49. The van der Waals surface area contributed by atoms with Gasteiger partial charge in [0.25, 0.3) is 5.91 Å². The summed E-state index contributed by atoms with van der Waals surface area (Å²) in [5.41, 5.74) is 7.14. The first-order valence-corrected chi connectivity index (χ1v) is 6.88. The Kier molecular flexibility index (Phi) is 7.05. The zero-order valence-electron chi connectivity index (χ0n) is 11.8. The number of carbonyl (C=O) groups is 1. The van der Waals surface area contributed by atoms with Crippen molar-refractivity contribution >= 4 is 34.2 Å². The van der Waals surface area contributed by atoms with Crippen LogP contribution in [0.25, 0.3) is 0 Å². The van der Waals surface area contributed by atoms with E-state index in [1.807, 2.05) is 32.0 Å². The van der Waals surface area contributed by atoms with Gasteiger partial charge in [-0.25, -0.2) is 0 Å². The fourth-order valence-electron chi connectivity index (χ4n) is 1.50. The molecular formula is C14H22BrClN2O. The second kappa shape index (κ2) is 7.27. The van der Waals surface area contributed by atoms with E-state index in [0.717, 1.165) is 10.0 Å². The molecule has 0 aliphatic carbocycles. The summed E-state index contributed by atoms with van der Waals surface area (Å²) in [5.74, 6) is 0.192. The first-order chi connectivity index (χ1) is 8.30.